The molecule has 78 valence electrons. The van der Waals surface area contributed by atoms with Gasteiger partial charge in [-0.2, -0.15) is 0 Å². The van der Waals surface area contributed by atoms with E-state index in [1.807, 2.05) is 24.3 Å². The first kappa shape index (κ1) is 9.98. The van der Waals surface area contributed by atoms with E-state index in [2.05, 4.69) is 0 Å². The summed E-state index contributed by atoms with van der Waals surface area (Å²) in [5, 5.41) is 1.80. The number of nitrogens with zero attached hydrogens (tertiary/aromatic N) is 1. The van der Waals surface area contributed by atoms with Crippen LogP contribution < -0.4 is 9.61 Å². The average Bonchev–Trinajstić information content (AvgIpc) is 2.66. The minimum absolute atomic E-state index is 0.0748. The normalized spacial score (nSPS) is 10.2. The molecule has 15 heavy (non-hydrogen) atoms. The summed E-state index contributed by atoms with van der Waals surface area (Å²) in [5.74, 6) is 0.830. The highest BCUT2D eigenvalue weighted by molar-refractivity contribution is 7.07. The monoisotopic (exact) mass is 221 g/mol. The van der Waals surface area contributed by atoms with Crippen LogP contribution in [0, 0.1) is 0 Å². The van der Waals surface area contributed by atoms with Crippen LogP contribution >= 0.6 is 11.3 Å². The van der Waals surface area contributed by atoms with Gasteiger partial charge in [0.25, 0.3) is 0 Å². The average molecular weight is 221 g/mol. The van der Waals surface area contributed by atoms with E-state index in [0.717, 1.165) is 11.3 Å². The lowest BCUT2D eigenvalue weighted by Gasteiger charge is -2.03. The van der Waals surface area contributed by atoms with E-state index in [4.69, 9.17) is 4.74 Å². The summed E-state index contributed by atoms with van der Waals surface area (Å²) in [6.45, 7) is 0.617. The third kappa shape index (κ3) is 2.27. The van der Waals surface area contributed by atoms with E-state index < -0.39 is 0 Å². The van der Waals surface area contributed by atoms with Crippen molar-refractivity contribution in [2.45, 2.75) is 6.54 Å². The maximum atomic E-state index is 11.3. The van der Waals surface area contributed by atoms with Crippen LogP contribution in [0.15, 0.2) is 40.6 Å². The summed E-state index contributed by atoms with van der Waals surface area (Å²) in [6, 6.07) is 7.71. The SMILES string of the molecule is COc1ccc(Cn2ccsc2=O)cc1. The number of aromatic nitrogens is 1. The molecule has 2 rings (SSSR count). The first-order valence-electron chi connectivity index (χ1n) is 4.56. The first-order valence-corrected chi connectivity index (χ1v) is 5.44. The quantitative estimate of drug-likeness (QED) is 0.793. The van der Waals surface area contributed by atoms with Gasteiger partial charge in [0.05, 0.1) is 13.7 Å². The fraction of sp³-hybridized carbons (Fsp3) is 0.182. The van der Waals surface area contributed by atoms with Gasteiger partial charge in [-0.05, 0) is 17.7 Å². The highest BCUT2D eigenvalue weighted by Crippen LogP contribution is 2.11. The van der Waals surface area contributed by atoms with E-state index in [1.165, 1.54) is 11.3 Å². The van der Waals surface area contributed by atoms with E-state index >= 15 is 0 Å². The molecule has 0 amide bonds. The number of thiazole rings is 1. The van der Waals surface area contributed by atoms with Crippen LogP contribution in [0.25, 0.3) is 0 Å². The topological polar surface area (TPSA) is 31.2 Å². The summed E-state index contributed by atoms with van der Waals surface area (Å²) in [6.07, 6.45) is 1.80. The second-order valence-corrected chi connectivity index (χ2v) is 4.00. The Morgan fingerprint density at radius 3 is 2.60 bits per heavy atom. The molecular formula is C11H11NO2S. The minimum Gasteiger partial charge on any atom is -0.497 e. The standard InChI is InChI=1S/C11H11NO2S/c1-14-10-4-2-9(3-5-10)8-12-6-7-15-11(12)13/h2-7H,8H2,1H3. The molecule has 0 atom stereocenters. The molecule has 1 heterocycles. The van der Waals surface area contributed by atoms with Crippen molar-refractivity contribution in [1.82, 2.24) is 4.57 Å². The van der Waals surface area contributed by atoms with E-state index in [0.29, 0.717) is 6.54 Å². The Morgan fingerprint density at radius 1 is 1.33 bits per heavy atom. The van der Waals surface area contributed by atoms with Crippen molar-refractivity contribution in [3.63, 3.8) is 0 Å². The predicted molar refractivity (Wildman–Crippen MR) is 60.7 cm³/mol. The Balaban J connectivity index is 2.18. The number of hydrogen-bond donors (Lipinski definition) is 0. The van der Waals surface area contributed by atoms with Crippen LogP contribution in [0.2, 0.25) is 0 Å². The molecule has 0 unspecified atom stereocenters. The summed E-state index contributed by atoms with van der Waals surface area (Å²) < 4.78 is 6.75. The van der Waals surface area contributed by atoms with Crippen molar-refractivity contribution in [2.75, 3.05) is 7.11 Å². The van der Waals surface area contributed by atoms with E-state index in [-0.39, 0.29) is 4.87 Å². The molecule has 0 fully saturated rings. The van der Waals surface area contributed by atoms with Gasteiger partial charge in [0, 0.05) is 11.6 Å². The molecule has 2 aromatic rings. The van der Waals surface area contributed by atoms with E-state index in [9.17, 15) is 4.79 Å². The fourth-order valence-electron chi connectivity index (χ4n) is 1.34. The lowest BCUT2D eigenvalue weighted by molar-refractivity contribution is 0.414. The van der Waals surface area contributed by atoms with Crippen molar-refractivity contribution in [3.8, 4) is 5.75 Å². The molecule has 0 saturated heterocycles. The molecule has 0 aliphatic heterocycles. The third-order valence-electron chi connectivity index (χ3n) is 2.16. The van der Waals surface area contributed by atoms with Gasteiger partial charge < -0.3 is 9.30 Å². The summed E-state index contributed by atoms with van der Waals surface area (Å²) in [4.78, 5) is 11.4. The molecule has 0 bridgehead atoms. The number of hydrogen-bond acceptors (Lipinski definition) is 3. The molecular weight excluding hydrogens is 210 g/mol. The molecule has 0 aliphatic carbocycles. The van der Waals surface area contributed by atoms with Crippen LogP contribution in [0.1, 0.15) is 5.56 Å². The Bertz CT molecular complexity index is 484. The van der Waals surface area contributed by atoms with Gasteiger partial charge in [-0.1, -0.05) is 23.5 Å². The van der Waals surface area contributed by atoms with Crippen LogP contribution in [0.3, 0.4) is 0 Å². The molecule has 3 nitrogen and oxygen atoms in total. The Kier molecular flexibility index (Phi) is 2.87. The third-order valence-corrected chi connectivity index (χ3v) is 2.85. The molecule has 0 spiro atoms. The number of benzene rings is 1. The lowest BCUT2D eigenvalue weighted by Crippen LogP contribution is -2.12. The molecule has 0 saturated carbocycles. The fourth-order valence-corrected chi connectivity index (χ4v) is 1.92. The van der Waals surface area contributed by atoms with Crippen LogP contribution in [-0.2, 0) is 6.54 Å². The van der Waals surface area contributed by atoms with Crippen LogP contribution in [0.4, 0.5) is 0 Å². The molecule has 4 heteroatoms. The largest absolute Gasteiger partial charge is 0.497 e. The summed E-state index contributed by atoms with van der Waals surface area (Å²) in [7, 11) is 1.64. The zero-order valence-electron chi connectivity index (χ0n) is 8.34. The summed E-state index contributed by atoms with van der Waals surface area (Å²) in [5.41, 5.74) is 1.09. The van der Waals surface area contributed by atoms with Gasteiger partial charge in [-0.25, -0.2) is 0 Å². The molecule has 0 radical (unpaired) electrons. The number of ether oxygens (including phenoxy) is 1. The molecule has 1 aromatic heterocycles. The van der Waals surface area contributed by atoms with Crippen LogP contribution in [0.5, 0.6) is 5.75 Å². The second-order valence-electron chi connectivity index (χ2n) is 3.14. The maximum Gasteiger partial charge on any atom is 0.307 e. The van der Waals surface area contributed by atoms with Gasteiger partial charge in [0.15, 0.2) is 0 Å². The summed E-state index contributed by atoms with van der Waals surface area (Å²) >= 11 is 1.21. The van der Waals surface area contributed by atoms with E-state index in [1.54, 1.807) is 23.3 Å². The van der Waals surface area contributed by atoms with Gasteiger partial charge >= 0.3 is 4.87 Å². The Morgan fingerprint density at radius 2 is 2.07 bits per heavy atom. The highest BCUT2D eigenvalue weighted by Gasteiger charge is 1.98. The van der Waals surface area contributed by atoms with Gasteiger partial charge in [0.2, 0.25) is 0 Å². The van der Waals surface area contributed by atoms with Crippen molar-refractivity contribution in [2.24, 2.45) is 0 Å². The molecule has 0 N–H and O–H groups in total. The van der Waals surface area contributed by atoms with Crippen molar-refractivity contribution in [3.05, 3.63) is 51.1 Å². The Hall–Kier alpha value is -1.55. The lowest BCUT2D eigenvalue weighted by atomic mass is 10.2. The molecule has 1 aromatic carbocycles. The predicted octanol–water partition coefficient (Wildman–Crippen LogP) is 1.97. The minimum atomic E-state index is 0.0748. The second kappa shape index (κ2) is 4.31. The zero-order chi connectivity index (χ0) is 10.7. The van der Waals surface area contributed by atoms with Gasteiger partial charge in [-0.3, -0.25) is 4.79 Å². The molecule has 0 aliphatic rings. The van der Waals surface area contributed by atoms with Crippen LogP contribution in [-0.4, -0.2) is 11.7 Å². The number of methoxy groups -OCH3 is 1. The highest BCUT2D eigenvalue weighted by atomic mass is 32.1. The van der Waals surface area contributed by atoms with Gasteiger partial charge in [-0.15, -0.1) is 0 Å². The maximum absolute atomic E-state index is 11.3. The zero-order valence-corrected chi connectivity index (χ0v) is 9.16. The Labute approximate surface area is 91.6 Å². The number of rotatable bonds is 3. The van der Waals surface area contributed by atoms with Gasteiger partial charge in [0.1, 0.15) is 5.75 Å². The smallest absolute Gasteiger partial charge is 0.307 e. The van der Waals surface area contributed by atoms with Crippen molar-refractivity contribution >= 4 is 11.3 Å². The van der Waals surface area contributed by atoms with Crippen molar-refractivity contribution in [1.29, 1.82) is 0 Å². The van der Waals surface area contributed by atoms with Crippen molar-refractivity contribution < 1.29 is 4.74 Å². The first-order chi connectivity index (χ1) is 7.29.